The standard InChI is InChI=1S/C10H6ClIN2O2/c11-9-5-7(15)10(14-13-9)16-8-4-2-1-3-6(8)12/h1-5H,(H,13,15). The zero-order chi connectivity index (χ0) is 11.5. The molecule has 0 bridgehead atoms. The van der Waals surface area contributed by atoms with E-state index in [2.05, 4.69) is 32.8 Å². The molecule has 0 spiro atoms. The minimum atomic E-state index is -0.358. The highest BCUT2D eigenvalue weighted by molar-refractivity contribution is 14.1. The van der Waals surface area contributed by atoms with Crippen LogP contribution in [-0.4, -0.2) is 10.2 Å². The number of hydrogen-bond donors (Lipinski definition) is 1. The zero-order valence-corrected chi connectivity index (χ0v) is 10.8. The number of aromatic nitrogens is 2. The van der Waals surface area contributed by atoms with Crippen LogP contribution in [0.1, 0.15) is 0 Å². The SMILES string of the molecule is O=c1cc(Cl)[nH]nc1Oc1ccccc1I. The molecule has 0 radical (unpaired) electrons. The van der Waals surface area contributed by atoms with Crippen molar-refractivity contribution in [2.24, 2.45) is 0 Å². The number of nitrogens with zero attached hydrogens (tertiary/aromatic N) is 1. The first-order valence-corrected chi connectivity index (χ1v) is 5.80. The number of aromatic amines is 1. The second kappa shape index (κ2) is 4.84. The van der Waals surface area contributed by atoms with Gasteiger partial charge in [-0.05, 0) is 34.7 Å². The highest BCUT2D eigenvalue weighted by atomic mass is 127. The van der Waals surface area contributed by atoms with Crippen molar-refractivity contribution in [3.8, 4) is 11.6 Å². The van der Waals surface area contributed by atoms with E-state index < -0.39 is 0 Å². The van der Waals surface area contributed by atoms with Gasteiger partial charge in [0.15, 0.2) is 0 Å². The van der Waals surface area contributed by atoms with E-state index >= 15 is 0 Å². The minimum absolute atomic E-state index is 0.0199. The molecule has 1 N–H and O–H groups in total. The van der Waals surface area contributed by atoms with Crippen molar-refractivity contribution in [3.05, 3.63) is 49.3 Å². The fraction of sp³-hybridized carbons (Fsp3) is 0. The summed E-state index contributed by atoms with van der Waals surface area (Å²) in [6.07, 6.45) is 0. The molecule has 0 saturated carbocycles. The quantitative estimate of drug-likeness (QED) is 0.849. The molecule has 0 aliphatic rings. The van der Waals surface area contributed by atoms with E-state index in [4.69, 9.17) is 16.3 Å². The van der Waals surface area contributed by atoms with Gasteiger partial charge in [0, 0.05) is 6.07 Å². The number of hydrogen-bond acceptors (Lipinski definition) is 3. The van der Waals surface area contributed by atoms with E-state index in [0.717, 1.165) is 3.57 Å². The van der Waals surface area contributed by atoms with E-state index in [-0.39, 0.29) is 16.5 Å². The average molecular weight is 349 g/mol. The van der Waals surface area contributed by atoms with Gasteiger partial charge >= 0.3 is 0 Å². The molecule has 2 aromatic rings. The molecule has 0 saturated heterocycles. The van der Waals surface area contributed by atoms with Crippen LogP contribution in [0, 0.1) is 3.57 Å². The van der Waals surface area contributed by atoms with Crippen LogP contribution in [-0.2, 0) is 0 Å². The van der Waals surface area contributed by atoms with Crippen LogP contribution in [0.15, 0.2) is 35.1 Å². The second-order valence-corrected chi connectivity index (χ2v) is 4.49. The van der Waals surface area contributed by atoms with Gasteiger partial charge in [0.2, 0.25) is 5.43 Å². The summed E-state index contributed by atoms with van der Waals surface area (Å²) in [4.78, 5) is 11.5. The van der Waals surface area contributed by atoms with Gasteiger partial charge in [0.25, 0.3) is 5.88 Å². The maximum atomic E-state index is 11.5. The van der Waals surface area contributed by atoms with E-state index in [1.165, 1.54) is 6.07 Å². The van der Waals surface area contributed by atoms with Gasteiger partial charge in [-0.15, -0.1) is 5.10 Å². The predicted octanol–water partition coefficient (Wildman–Crippen LogP) is 2.82. The lowest BCUT2D eigenvalue weighted by molar-refractivity contribution is 0.447. The minimum Gasteiger partial charge on any atom is -0.434 e. The van der Waals surface area contributed by atoms with Crippen molar-refractivity contribution in [1.29, 1.82) is 0 Å². The van der Waals surface area contributed by atoms with Crippen LogP contribution in [0.2, 0.25) is 5.15 Å². The number of halogens is 2. The van der Waals surface area contributed by atoms with Gasteiger partial charge in [-0.1, -0.05) is 23.7 Å². The summed E-state index contributed by atoms with van der Waals surface area (Å²) < 4.78 is 6.27. The van der Waals surface area contributed by atoms with Crippen LogP contribution in [0.3, 0.4) is 0 Å². The van der Waals surface area contributed by atoms with Crippen molar-refractivity contribution < 1.29 is 4.74 Å². The molecule has 2 rings (SSSR count). The Labute approximate surface area is 110 Å². The number of benzene rings is 1. The van der Waals surface area contributed by atoms with Crippen LogP contribution in [0.5, 0.6) is 11.6 Å². The van der Waals surface area contributed by atoms with Gasteiger partial charge in [-0.25, -0.2) is 0 Å². The summed E-state index contributed by atoms with van der Waals surface area (Å²) in [5, 5.41) is 6.37. The highest BCUT2D eigenvalue weighted by Gasteiger charge is 2.07. The molecule has 82 valence electrons. The molecule has 1 heterocycles. The van der Waals surface area contributed by atoms with Gasteiger partial charge in [-0.2, -0.15) is 0 Å². The van der Waals surface area contributed by atoms with Crippen LogP contribution in [0.25, 0.3) is 0 Å². The van der Waals surface area contributed by atoms with Crippen LogP contribution < -0.4 is 10.2 Å². The summed E-state index contributed by atoms with van der Waals surface area (Å²) in [7, 11) is 0. The summed E-state index contributed by atoms with van der Waals surface area (Å²) in [6, 6.07) is 8.56. The van der Waals surface area contributed by atoms with Crippen molar-refractivity contribution >= 4 is 34.2 Å². The van der Waals surface area contributed by atoms with Crippen molar-refractivity contribution in [2.45, 2.75) is 0 Å². The molecule has 0 amide bonds. The molecule has 6 heteroatoms. The molecule has 4 nitrogen and oxygen atoms in total. The smallest absolute Gasteiger partial charge is 0.285 e. The topological polar surface area (TPSA) is 55.0 Å². The summed E-state index contributed by atoms with van der Waals surface area (Å²) in [5.41, 5.74) is -0.358. The first kappa shape index (κ1) is 11.4. The molecule has 0 aliphatic carbocycles. The first-order valence-electron chi connectivity index (χ1n) is 4.34. The molecule has 1 aromatic heterocycles. The number of ether oxygens (including phenoxy) is 1. The predicted molar refractivity (Wildman–Crippen MR) is 69.1 cm³/mol. The fourth-order valence-corrected chi connectivity index (χ4v) is 1.71. The maximum absolute atomic E-state index is 11.5. The largest absolute Gasteiger partial charge is 0.434 e. The Bertz CT molecular complexity index is 571. The van der Waals surface area contributed by atoms with E-state index in [9.17, 15) is 4.79 Å². The third-order valence-electron chi connectivity index (χ3n) is 1.78. The molecule has 0 unspecified atom stereocenters. The Balaban J connectivity index is 2.35. The number of rotatable bonds is 2. The lowest BCUT2D eigenvalue weighted by atomic mass is 10.3. The molecule has 0 fully saturated rings. The van der Waals surface area contributed by atoms with E-state index in [1.54, 1.807) is 6.07 Å². The summed E-state index contributed by atoms with van der Waals surface area (Å²) >= 11 is 7.69. The number of nitrogens with one attached hydrogen (secondary N) is 1. The molecule has 16 heavy (non-hydrogen) atoms. The molecular weight excluding hydrogens is 342 g/mol. The molecule has 0 atom stereocenters. The van der Waals surface area contributed by atoms with E-state index in [0.29, 0.717) is 5.75 Å². The Hall–Kier alpha value is -1.08. The first-order chi connectivity index (χ1) is 7.66. The molecular formula is C10H6ClIN2O2. The lowest BCUT2D eigenvalue weighted by Crippen LogP contribution is -2.07. The second-order valence-electron chi connectivity index (χ2n) is 2.92. The average Bonchev–Trinajstić information content (AvgIpc) is 2.25. The Morgan fingerprint density at radius 3 is 2.81 bits per heavy atom. The van der Waals surface area contributed by atoms with Gasteiger partial charge in [0.05, 0.1) is 3.57 Å². The summed E-state index contributed by atoms with van der Waals surface area (Å²) in [5.74, 6) is 0.567. The van der Waals surface area contributed by atoms with Gasteiger partial charge in [-0.3, -0.25) is 9.89 Å². The van der Waals surface area contributed by atoms with Crippen LogP contribution >= 0.6 is 34.2 Å². The lowest BCUT2D eigenvalue weighted by Gasteiger charge is -2.04. The van der Waals surface area contributed by atoms with E-state index in [1.807, 2.05) is 18.2 Å². The van der Waals surface area contributed by atoms with Crippen molar-refractivity contribution in [1.82, 2.24) is 10.2 Å². The third-order valence-corrected chi connectivity index (χ3v) is 2.86. The maximum Gasteiger partial charge on any atom is 0.285 e. The Morgan fingerprint density at radius 1 is 1.38 bits per heavy atom. The van der Waals surface area contributed by atoms with Crippen LogP contribution in [0.4, 0.5) is 0 Å². The Kier molecular flexibility index (Phi) is 3.45. The number of para-hydroxylation sites is 1. The zero-order valence-electron chi connectivity index (χ0n) is 7.91. The number of H-pyrrole nitrogens is 1. The summed E-state index contributed by atoms with van der Waals surface area (Å²) in [6.45, 7) is 0. The highest BCUT2D eigenvalue weighted by Crippen LogP contribution is 2.23. The molecule has 0 aliphatic heterocycles. The Morgan fingerprint density at radius 2 is 2.12 bits per heavy atom. The monoisotopic (exact) mass is 348 g/mol. The van der Waals surface area contributed by atoms with Crippen molar-refractivity contribution in [3.63, 3.8) is 0 Å². The fourth-order valence-electron chi connectivity index (χ4n) is 1.07. The van der Waals surface area contributed by atoms with Gasteiger partial charge in [0.1, 0.15) is 10.9 Å². The van der Waals surface area contributed by atoms with Gasteiger partial charge < -0.3 is 4.74 Å². The van der Waals surface area contributed by atoms with Crippen molar-refractivity contribution in [2.75, 3.05) is 0 Å². The normalized spacial score (nSPS) is 10.1. The molecule has 1 aromatic carbocycles. The third kappa shape index (κ3) is 2.53.